The minimum atomic E-state index is 0.154. The highest BCUT2D eigenvalue weighted by molar-refractivity contribution is 6.11. The Bertz CT molecular complexity index is 2450. The molecule has 0 atom stereocenters. The zero-order valence-electron chi connectivity index (χ0n) is 26.2. The molecule has 2 N–H and O–H groups in total. The Hall–Kier alpha value is -6.60. The summed E-state index contributed by atoms with van der Waals surface area (Å²) in [5, 5.41) is 12.3. The first-order valence-corrected chi connectivity index (χ1v) is 15.8. The van der Waals surface area contributed by atoms with Crippen molar-refractivity contribution in [2.24, 2.45) is 4.99 Å². The van der Waals surface area contributed by atoms with Gasteiger partial charge in [0.2, 0.25) is 0 Å². The van der Waals surface area contributed by atoms with Crippen molar-refractivity contribution in [2.75, 3.05) is 7.05 Å². The summed E-state index contributed by atoms with van der Waals surface area (Å²) in [6.45, 7) is 0. The highest BCUT2D eigenvalue weighted by atomic mass is 15.0. The molecule has 0 saturated carbocycles. The van der Waals surface area contributed by atoms with E-state index in [1.807, 2.05) is 123 Å². The summed E-state index contributed by atoms with van der Waals surface area (Å²) in [7, 11) is 1.84. The van der Waals surface area contributed by atoms with Crippen LogP contribution in [0.5, 0.6) is 0 Å². The lowest BCUT2D eigenvalue weighted by Crippen LogP contribution is -2.21. The number of nitrogens with one attached hydrogen (secondary N) is 2. The number of hydrogen-bond acceptors (Lipinski definition) is 3. The lowest BCUT2D eigenvalue weighted by molar-refractivity contribution is 1.16. The summed E-state index contributed by atoms with van der Waals surface area (Å²) in [6.07, 6.45) is 4.07. The van der Waals surface area contributed by atoms with E-state index in [2.05, 4.69) is 56.6 Å². The molecule has 0 fully saturated rings. The summed E-state index contributed by atoms with van der Waals surface area (Å²) >= 11 is 0. The van der Waals surface area contributed by atoms with Crippen molar-refractivity contribution in [2.45, 2.75) is 0 Å². The van der Waals surface area contributed by atoms with Crippen LogP contribution in [0, 0.1) is 5.41 Å². The third-order valence-electron chi connectivity index (χ3n) is 8.43. The van der Waals surface area contributed by atoms with E-state index >= 15 is 0 Å². The van der Waals surface area contributed by atoms with Gasteiger partial charge in [0.05, 0.1) is 22.8 Å². The molecule has 230 valence electrons. The van der Waals surface area contributed by atoms with Crippen LogP contribution in [0.4, 0.5) is 0 Å². The van der Waals surface area contributed by atoms with Crippen molar-refractivity contribution in [3.63, 3.8) is 0 Å². The summed E-state index contributed by atoms with van der Waals surface area (Å²) in [4.78, 5) is 14.8. The molecular formula is C41H31N7. The van der Waals surface area contributed by atoms with E-state index in [4.69, 9.17) is 20.4 Å². The number of nitrogens with zero attached hydrogens (tertiary/aromatic N) is 5. The van der Waals surface area contributed by atoms with Gasteiger partial charge in [-0.2, -0.15) is 0 Å². The maximum absolute atomic E-state index is 9.10. The molecule has 0 aliphatic rings. The molecule has 0 saturated heterocycles. The number of pyridine rings is 2. The quantitative estimate of drug-likeness (QED) is 0.144. The molecule has 4 aromatic carbocycles. The topological polar surface area (TPSA) is 82.8 Å². The Balaban J connectivity index is 1.18. The number of fused-ring (bicyclic) bond motifs is 2. The molecule has 8 aromatic rings. The van der Waals surface area contributed by atoms with E-state index < -0.39 is 0 Å². The van der Waals surface area contributed by atoms with E-state index in [-0.39, 0.29) is 5.84 Å². The van der Waals surface area contributed by atoms with Crippen molar-refractivity contribution in [3.05, 3.63) is 169 Å². The monoisotopic (exact) mass is 621 g/mol. The third kappa shape index (κ3) is 5.23. The zero-order chi connectivity index (χ0) is 32.5. The largest absolute Gasteiger partial charge is 0.373 e. The second-order valence-electron chi connectivity index (χ2n) is 11.4. The lowest BCUT2D eigenvalue weighted by Gasteiger charge is -2.11. The molecule has 0 spiro atoms. The molecule has 0 aliphatic carbocycles. The standard InChI is InChI=1S/C41H31N7/c1-43-41(33-21-13-19-31(27-33)39-37(29-16-6-3-7-17-29)45-35-23-9-11-25-48(35)39)46-40(42)32-20-12-18-30(26-32)38-36(28-14-4-2-5-15-28)44-34-22-8-10-24-47(34)38/h2-27H,1H3,(H2,42,43,46). The van der Waals surface area contributed by atoms with Crippen molar-refractivity contribution >= 4 is 23.0 Å². The number of rotatable bonds is 6. The van der Waals surface area contributed by atoms with E-state index in [0.717, 1.165) is 61.9 Å². The molecule has 8 rings (SSSR count). The van der Waals surface area contributed by atoms with Crippen LogP contribution in [0.1, 0.15) is 11.1 Å². The number of benzene rings is 4. The van der Waals surface area contributed by atoms with Crippen LogP contribution < -0.4 is 5.32 Å². The Morgan fingerprint density at radius 3 is 1.52 bits per heavy atom. The third-order valence-corrected chi connectivity index (χ3v) is 8.43. The van der Waals surface area contributed by atoms with Crippen LogP contribution >= 0.6 is 0 Å². The summed E-state index contributed by atoms with van der Waals surface area (Å²) in [5.41, 5.74) is 11.1. The molecule has 4 heterocycles. The SMILES string of the molecule is CN/C(=N\C(=N)c1cccc(-c2c(-c3ccccc3)nc3ccccn23)c1)c1cccc(-c2c(-c3ccccc3)nc3ccccn23)c1. The van der Waals surface area contributed by atoms with Gasteiger partial charge in [-0.1, -0.05) is 109 Å². The van der Waals surface area contributed by atoms with Crippen LogP contribution in [0.25, 0.3) is 56.3 Å². The first kappa shape index (κ1) is 28.8. The van der Waals surface area contributed by atoms with E-state index in [9.17, 15) is 0 Å². The van der Waals surface area contributed by atoms with Crippen molar-refractivity contribution in [3.8, 4) is 45.0 Å². The van der Waals surface area contributed by atoms with Crippen molar-refractivity contribution in [1.82, 2.24) is 24.1 Å². The van der Waals surface area contributed by atoms with Gasteiger partial charge in [-0.15, -0.1) is 0 Å². The molecule has 0 radical (unpaired) electrons. The maximum atomic E-state index is 9.10. The van der Waals surface area contributed by atoms with Crippen LogP contribution in [0.3, 0.4) is 0 Å². The first-order valence-electron chi connectivity index (χ1n) is 15.8. The number of hydrogen-bond donors (Lipinski definition) is 2. The van der Waals surface area contributed by atoms with Gasteiger partial charge >= 0.3 is 0 Å². The van der Waals surface area contributed by atoms with Gasteiger partial charge in [0, 0.05) is 52.8 Å². The Morgan fingerprint density at radius 1 is 0.542 bits per heavy atom. The first-order chi connectivity index (χ1) is 23.7. The fourth-order valence-electron chi connectivity index (χ4n) is 6.21. The Kier molecular flexibility index (Phi) is 7.39. The van der Waals surface area contributed by atoms with Crippen LogP contribution in [0.2, 0.25) is 0 Å². The van der Waals surface area contributed by atoms with Crippen LogP contribution in [-0.2, 0) is 0 Å². The molecule has 0 bridgehead atoms. The predicted octanol–water partition coefficient (Wildman–Crippen LogP) is 8.64. The number of imidazole rings is 2. The van der Waals surface area contributed by atoms with Crippen molar-refractivity contribution < 1.29 is 0 Å². The molecule has 48 heavy (non-hydrogen) atoms. The fourth-order valence-corrected chi connectivity index (χ4v) is 6.21. The molecule has 0 unspecified atom stereocenters. The average Bonchev–Trinajstić information content (AvgIpc) is 3.74. The van der Waals surface area contributed by atoms with Gasteiger partial charge in [0.25, 0.3) is 0 Å². The van der Waals surface area contributed by atoms with Crippen molar-refractivity contribution in [1.29, 1.82) is 5.41 Å². The van der Waals surface area contributed by atoms with E-state index in [1.165, 1.54) is 0 Å². The highest BCUT2D eigenvalue weighted by Gasteiger charge is 2.19. The second-order valence-corrected chi connectivity index (χ2v) is 11.4. The smallest absolute Gasteiger partial charge is 0.154 e. The molecule has 0 aliphatic heterocycles. The van der Waals surface area contributed by atoms with Gasteiger partial charge in [0.1, 0.15) is 17.1 Å². The fraction of sp³-hybridized carbons (Fsp3) is 0.0244. The Labute approximate surface area is 278 Å². The lowest BCUT2D eigenvalue weighted by atomic mass is 10.0. The molecule has 0 amide bonds. The van der Waals surface area contributed by atoms with Crippen LogP contribution in [-0.4, -0.2) is 37.5 Å². The molecule has 4 aromatic heterocycles. The van der Waals surface area contributed by atoms with E-state index in [0.29, 0.717) is 11.4 Å². The van der Waals surface area contributed by atoms with Gasteiger partial charge in [-0.05, 0) is 36.4 Å². The van der Waals surface area contributed by atoms with Gasteiger partial charge in [-0.3, -0.25) is 14.2 Å². The Morgan fingerprint density at radius 2 is 1.00 bits per heavy atom. The van der Waals surface area contributed by atoms with Crippen LogP contribution in [0.15, 0.2) is 163 Å². The number of aromatic nitrogens is 4. The predicted molar refractivity (Wildman–Crippen MR) is 195 cm³/mol. The number of aliphatic imine (C=N–C) groups is 1. The van der Waals surface area contributed by atoms with Gasteiger partial charge < -0.3 is 5.32 Å². The van der Waals surface area contributed by atoms with E-state index in [1.54, 1.807) is 0 Å². The maximum Gasteiger partial charge on any atom is 0.154 e. The van der Waals surface area contributed by atoms with Gasteiger partial charge in [-0.25, -0.2) is 15.0 Å². The zero-order valence-corrected chi connectivity index (χ0v) is 26.2. The minimum Gasteiger partial charge on any atom is -0.373 e. The highest BCUT2D eigenvalue weighted by Crippen LogP contribution is 2.35. The molecule has 7 nitrogen and oxygen atoms in total. The normalized spacial score (nSPS) is 11.6. The second kappa shape index (κ2) is 12.3. The number of amidine groups is 2. The molecular weight excluding hydrogens is 591 g/mol. The van der Waals surface area contributed by atoms with Gasteiger partial charge in [0.15, 0.2) is 5.84 Å². The summed E-state index contributed by atoms with van der Waals surface area (Å²) in [6, 6.07) is 48.7. The summed E-state index contributed by atoms with van der Waals surface area (Å²) in [5.74, 6) is 0.753. The minimum absolute atomic E-state index is 0.154. The summed E-state index contributed by atoms with van der Waals surface area (Å²) < 4.78 is 4.22. The molecule has 7 heteroatoms. The average molecular weight is 622 g/mol.